The molecule has 0 aliphatic carbocycles. The van der Waals surface area contributed by atoms with Gasteiger partial charge in [0.15, 0.2) is 0 Å². The van der Waals surface area contributed by atoms with E-state index in [4.69, 9.17) is 0 Å². The van der Waals surface area contributed by atoms with E-state index in [1.807, 2.05) is 93.7 Å². The van der Waals surface area contributed by atoms with Gasteiger partial charge < -0.3 is 14.4 Å². The molecule has 0 saturated carbocycles. The van der Waals surface area contributed by atoms with Crippen molar-refractivity contribution in [2.45, 2.75) is 46.4 Å². The maximum Gasteiger partial charge on any atom is 0.254 e. The second kappa shape index (κ2) is 12.4. The summed E-state index contributed by atoms with van der Waals surface area (Å²) in [5.74, 6) is -0.554. The Morgan fingerprint density at radius 3 is 2.16 bits per heavy atom. The molecule has 3 aromatic carbocycles. The standard InChI is InChI=1S/C32H34FN3O2/c1-24(2)36(32(38)28-15-11-25(3)12-16-28)23-31(37)35(21-26-8-5-4-6-9-26)22-30-10-7-19-34(30)20-27-13-17-29(33)18-14-27/h4-19,24H,20-23H2,1-3H3. The minimum absolute atomic E-state index is 0.0180. The molecule has 0 radical (unpaired) electrons. The number of aryl methyl sites for hydroxylation is 1. The van der Waals surface area contributed by atoms with Crippen LogP contribution in [0.3, 0.4) is 0 Å². The van der Waals surface area contributed by atoms with Crippen LogP contribution in [0.15, 0.2) is 97.2 Å². The maximum atomic E-state index is 13.8. The van der Waals surface area contributed by atoms with E-state index in [0.717, 1.165) is 22.4 Å². The number of halogens is 1. The molecule has 0 atom stereocenters. The van der Waals surface area contributed by atoms with Crippen LogP contribution in [0.4, 0.5) is 4.39 Å². The van der Waals surface area contributed by atoms with Gasteiger partial charge in [-0.3, -0.25) is 9.59 Å². The number of benzene rings is 3. The summed E-state index contributed by atoms with van der Waals surface area (Å²) in [5, 5.41) is 0. The van der Waals surface area contributed by atoms with E-state index < -0.39 is 0 Å². The van der Waals surface area contributed by atoms with Gasteiger partial charge in [-0.15, -0.1) is 0 Å². The van der Waals surface area contributed by atoms with E-state index in [1.165, 1.54) is 12.1 Å². The minimum Gasteiger partial charge on any atom is -0.345 e. The number of hydrogen-bond donors (Lipinski definition) is 0. The van der Waals surface area contributed by atoms with Gasteiger partial charge in [-0.25, -0.2) is 4.39 Å². The van der Waals surface area contributed by atoms with Crippen LogP contribution in [-0.4, -0.2) is 38.8 Å². The molecular weight excluding hydrogens is 477 g/mol. The third-order valence-corrected chi connectivity index (χ3v) is 6.60. The molecule has 1 aromatic heterocycles. The number of hydrogen-bond acceptors (Lipinski definition) is 2. The van der Waals surface area contributed by atoms with Gasteiger partial charge in [0.05, 0.1) is 6.54 Å². The Balaban J connectivity index is 1.56. The van der Waals surface area contributed by atoms with Crippen molar-refractivity contribution in [1.82, 2.24) is 14.4 Å². The lowest BCUT2D eigenvalue weighted by atomic mass is 10.1. The summed E-state index contributed by atoms with van der Waals surface area (Å²) in [6, 6.07) is 27.5. The Labute approximate surface area is 224 Å². The maximum absolute atomic E-state index is 13.8. The van der Waals surface area contributed by atoms with Gasteiger partial charge >= 0.3 is 0 Å². The van der Waals surface area contributed by atoms with Crippen LogP contribution in [0.25, 0.3) is 0 Å². The zero-order valence-corrected chi connectivity index (χ0v) is 22.2. The van der Waals surface area contributed by atoms with Crippen LogP contribution in [0.2, 0.25) is 0 Å². The molecule has 196 valence electrons. The largest absolute Gasteiger partial charge is 0.345 e. The Morgan fingerprint density at radius 2 is 1.50 bits per heavy atom. The summed E-state index contributed by atoms with van der Waals surface area (Å²) in [5.41, 5.74) is 4.59. The Kier molecular flexibility index (Phi) is 8.74. The number of carbonyl (C=O) groups excluding carboxylic acids is 2. The van der Waals surface area contributed by atoms with E-state index >= 15 is 0 Å². The topological polar surface area (TPSA) is 45.6 Å². The van der Waals surface area contributed by atoms with Crippen molar-refractivity contribution in [1.29, 1.82) is 0 Å². The van der Waals surface area contributed by atoms with Crippen molar-refractivity contribution in [2.24, 2.45) is 0 Å². The highest BCUT2D eigenvalue weighted by Crippen LogP contribution is 2.16. The van der Waals surface area contributed by atoms with Gasteiger partial charge in [-0.05, 0) is 68.3 Å². The molecule has 5 nitrogen and oxygen atoms in total. The Bertz CT molecular complexity index is 1350. The molecule has 0 spiro atoms. The first kappa shape index (κ1) is 26.9. The Hall–Kier alpha value is -4.19. The van der Waals surface area contributed by atoms with Crippen molar-refractivity contribution in [3.8, 4) is 0 Å². The van der Waals surface area contributed by atoms with Crippen molar-refractivity contribution in [2.75, 3.05) is 6.54 Å². The first-order valence-electron chi connectivity index (χ1n) is 12.9. The molecule has 4 aromatic rings. The quantitative estimate of drug-likeness (QED) is 0.260. The highest BCUT2D eigenvalue weighted by molar-refractivity contribution is 5.96. The van der Waals surface area contributed by atoms with E-state index in [0.29, 0.717) is 25.2 Å². The Morgan fingerprint density at radius 1 is 0.816 bits per heavy atom. The van der Waals surface area contributed by atoms with Crippen molar-refractivity contribution >= 4 is 11.8 Å². The van der Waals surface area contributed by atoms with Gasteiger partial charge in [0, 0.05) is 36.6 Å². The summed E-state index contributed by atoms with van der Waals surface area (Å²) in [6.07, 6.45) is 1.96. The summed E-state index contributed by atoms with van der Waals surface area (Å²) in [6.45, 7) is 7.18. The van der Waals surface area contributed by atoms with Crippen LogP contribution >= 0.6 is 0 Å². The molecule has 0 bridgehead atoms. The fourth-order valence-electron chi connectivity index (χ4n) is 4.36. The molecule has 6 heteroatoms. The summed E-state index contributed by atoms with van der Waals surface area (Å²) < 4.78 is 15.4. The molecule has 2 amide bonds. The fourth-order valence-corrected chi connectivity index (χ4v) is 4.36. The highest BCUT2D eigenvalue weighted by atomic mass is 19.1. The smallest absolute Gasteiger partial charge is 0.254 e. The lowest BCUT2D eigenvalue weighted by Crippen LogP contribution is -2.45. The lowest BCUT2D eigenvalue weighted by molar-refractivity contribution is -0.133. The van der Waals surface area contributed by atoms with Crippen molar-refractivity contribution < 1.29 is 14.0 Å². The predicted molar refractivity (Wildman–Crippen MR) is 148 cm³/mol. The number of carbonyl (C=O) groups is 2. The van der Waals surface area contributed by atoms with Gasteiger partial charge in [0.2, 0.25) is 5.91 Å². The normalized spacial score (nSPS) is 11.0. The van der Waals surface area contributed by atoms with E-state index in [1.54, 1.807) is 21.9 Å². The molecule has 0 unspecified atom stereocenters. The molecule has 0 N–H and O–H groups in total. The average molecular weight is 512 g/mol. The number of nitrogens with zero attached hydrogens (tertiary/aromatic N) is 3. The molecule has 0 saturated heterocycles. The number of amides is 2. The van der Waals surface area contributed by atoms with Gasteiger partial charge in [-0.2, -0.15) is 0 Å². The van der Waals surface area contributed by atoms with E-state index in [2.05, 4.69) is 4.57 Å². The van der Waals surface area contributed by atoms with Crippen LogP contribution in [0, 0.1) is 12.7 Å². The molecular formula is C32H34FN3O2. The first-order valence-corrected chi connectivity index (χ1v) is 12.9. The summed E-state index contributed by atoms with van der Waals surface area (Å²) in [4.78, 5) is 30.5. The van der Waals surface area contributed by atoms with Crippen molar-refractivity contribution in [3.63, 3.8) is 0 Å². The zero-order chi connectivity index (χ0) is 27.1. The third kappa shape index (κ3) is 6.97. The SMILES string of the molecule is Cc1ccc(C(=O)N(CC(=O)N(Cc2ccccc2)Cc2cccn2Cc2ccc(F)cc2)C(C)C)cc1. The second-order valence-corrected chi connectivity index (χ2v) is 9.88. The van der Waals surface area contributed by atoms with E-state index in [9.17, 15) is 14.0 Å². The lowest BCUT2D eigenvalue weighted by Gasteiger charge is -2.30. The molecule has 0 fully saturated rings. The van der Waals surface area contributed by atoms with Crippen LogP contribution in [-0.2, 0) is 24.4 Å². The molecule has 1 heterocycles. The third-order valence-electron chi connectivity index (χ3n) is 6.60. The zero-order valence-electron chi connectivity index (χ0n) is 22.2. The summed E-state index contributed by atoms with van der Waals surface area (Å²) in [7, 11) is 0. The van der Waals surface area contributed by atoms with Gasteiger partial charge in [0.25, 0.3) is 5.91 Å². The summed E-state index contributed by atoms with van der Waals surface area (Å²) >= 11 is 0. The van der Waals surface area contributed by atoms with E-state index in [-0.39, 0.29) is 30.2 Å². The monoisotopic (exact) mass is 511 g/mol. The van der Waals surface area contributed by atoms with Crippen LogP contribution < -0.4 is 0 Å². The molecule has 0 aliphatic rings. The van der Waals surface area contributed by atoms with Gasteiger partial charge in [0.1, 0.15) is 12.4 Å². The van der Waals surface area contributed by atoms with Crippen LogP contribution in [0.5, 0.6) is 0 Å². The predicted octanol–water partition coefficient (Wildman–Crippen LogP) is 6.06. The molecule has 38 heavy (non-hydrogen) atoms. The number of rotatable bonds is 10. The van der Waals surface area contributed by atoms with Crippen molar-refractivity contribution in [3.05, 3.63) is 131 Å². The first-order chi connectivity index (χ1) is 18.3. The minimum atomic E-state index is -0.268. The fraction of sp³-hybridized carbons (Fsp3) is 0.250. The van der Waals surface area contributed by atoms with Crippen LogP contribution in [0.1, 0.15) is 46.6 Å². The molecule has 4 rings (SSSR count). The highest BCUT2D eigenvalue weighted by Gasteiger charge is 2.25. The molecule has 0 aliphatic heterocycles. The van der Waals surface area contributed by atoms with Gasteiger partial charge in [-0.1, -0.05) is 60.2 Å². The average Bonchev–Trinajstić information content (AvgIpc) is 3.35. The number of aromatic nitrogens is 1. The second-order valence-electron chi connectivity index (χ2n) is 9.88.